The number of hydrogen-bond donors (Lipinski definition) is 0. The fraction of sp³-hybridized carbons (Fsp3) is 0.368. The molecule has 1 aliphatic carbocycles. The molecule has 0 N–H and O–H groups in total. The summed E-state index contributed by atoms with van der Waals surface area (Å²) in [6.07, 6.45) is 4.62. The zero-order valence-corrected chi connectivity index (χ0v) is 13.8. The van der Waals surface area contributed by atoms with Crippen LogP contribution in [0.4, 0.5) is 0 Å². The fourth-order valence-corrected chi connectivity index (χ4v) is 7.33. The summed E-state index contributed by atoms with van der Waals surface area (Å²) < 4.78 is 14.2. The van der Waals surface area contributed by atoms with E-state index in [9.17, 15) is 4.57 Å². The molecule has 1 fully saturated rings. The van der Waals surface area contributed by atoms with Crippen molar-refractivity contribution in [2.45, 2.75) is 45.2 Å². The van der Waals surface area contributed by atoms with Gasteiger partial charge in [0.2, 0.25) is 0 Å². The highest BCUT2D eigenvalue weighted by Gasteiger charge is 2.38. The molecule has 0 amide bonds. The van der Waals surface area contributed by atoms with Gasteiger partial charge in [0.15, 0.2) is 0 Å². The lowest BCUT2D eigenvalue weighted by atomic mass is 10.2. The molecule has 2 aromatic rings. The van der Waals surface area contributed by atoms with Crippen molar-refractivity contribution in [3.8, 4) is 0 Å². The Bertz CT molecular complexity index is 669. The van der Waals surface area contributed by atoms with Gasteiger partial charge in [0, 0.05) is 16.3 Å². The van der Waals surface area contributed by atoms with Gasteiger partial charge >= 0.3 is 0 Å². The minimum absolute atomic E-state index is 0.321. The monoisotopic (exact) mass is 298 g/mol. The minimum atomic E-state index is -2.53. The maximum atomic E-state index is 14.2. The minimum Gasteiger partial charge on any atom is -0.313 e. The Labute approximate surface area is 127 Å². The van der Waals surface area contributed by atoms with Crippen molar-refractivity contribution >= 4 is 17.8 Å². The van der Waals surface area contributed by atoms with E-state index in [1.165, 1.54) is 24.0 Å². The van der Waals surface area contributed by atoms with Crippen LogP contribution < -0.4 is 10.6 Å². The van der Waals surface area contributed by atoms with Gasteiger partial charge in [-0.2, -0.15) is 0 Å². The van der Waals surface area contributed by atoms with Crippen LogP contribution in [0.5, 0.6) is 0 Å². The SMILES string of the molecule is Cc1ccc([P@@](=O)(c2ccccc2)C2CCCC2)c(C)c1. The lowest BCUT2D eigenvalue weighted by Gasteiger charge is -2.27. The van der Waals surface area contributed by atoms with Crippen molar-refractivity contribution in [2.75, 3.05) is 0 Å². The van der Waals surface area contributed by atoms with Gasteiger partial charge in [-0.15, -0.1) is 0 Å². The van der Waals surface area contributed by atoms with Crippen molar-refractivity contribution in [1.82, 2.24) is 0 Å². The molecule has 110 valence electrons. The average molecular weight is 298 g/mol. The van der Waals surface area contributed by atoms with Crippen molar-refractivity contribution in [1.29, 1.82) is 0 Å². The van der Waals surface area contributed by atoms with Crippen LogP contribution in [-0.4, -0.2) is 5.66 Å². The first-order valence-corrected chi connectivity index (χ1v) is 9.63. The lowest BCUT2D eigenvalue weighted by molar-refractivity contribution is 0.577. The van der Waals surface area contributed by atoms with Crippen LogP contribution in [0.25, 0.3) is 0 Å². The van der Waals surface area contributed by atoms with E-state index in [1.54, 1.807) is 0 Å². The predicted molar refractivity (Wildman–Crippen MR) is 91.5 cm³/mol. The summed E-state index contributed by atoms with van der Waals surface area (Å²) in [5.41, 5.74) is 2.73. The third kappa shape index (κ3) is 2.60. The molecule has 0 heterocycles. The Morgan fingerprint density at radius 3 is 2.24 bits per heavy atom. The average Bonchev–Trinajstić information content (AvgIpc) is 3.02. The van der Waals surface area contributed by atoms with Crippen LogP contribution in [0.2, 0.25) is 0 Å². The third-order valence-corrected chi connectivity index (χ3v) is 8.52. The maximum absolute atomic E-state index is 14.2. The second kappa shape index (κ2) is 5.81. The first-order chi connectivity index (χ1) is 10.1. The molecule has 0 spiro atoms. The molecule has 1 nitrogen and oxygen atoms in total. The second-order valence-electron chi connectivity index (χ2n) is 6.22. The highest BCUT2D eigenvalue weighted by molar-refractivity contribution is 7.79. The van der Waals surface area contributed by atoms with Gasteiger partial charge in [0.05, 0.1) is 0 Å². The lowest BCUT2D eigenvalue weighted by Crippen LogP contribution is -2.26. The summed E-state index contributed by atoms with van der Waals surface area (Å²) in [7, 11) is -2.53. The van der Waals surface area contributed by atoms with Crippen LogP contribution in [0, 0.1) is 13.8 Å². The van der Waals surface area contributed by atoms with Crippen molar-refractivity contribution in [2.24, 2.45) is 0 Å². The number of aryl methyl sites for hydroxylation is 2. The summed E-state index contributed by atoms with van der Waals surface area (Å²) in [6.45, 7) is 4.20. The molecule has 0 radical (unpaired) electrons. The summed E-state index contributed by atoms with van der Waals surface area (Å²) in [6, 6.07) is 16.5. The summed E-state index contributed by atoms with van der Waals surface area (Å²) in [5, 5.41) is 2.11. The zero-order chi connectivity index (χ0) is 14.9. The molecular weight excluding hydrogens is 275 g/mol. The van der Waals surface area contributed by atoms with Crippen LogP contribution in [-0.2, 0) is 4.57 Å². The zero-order valence-electron chi connectivity index (χ0n) is 12.9. The Kier molecular flexibility index (Phi) is 4.04. The van der Waals surface area contributed by atoms with Gasteiger partial charge in [-0.25, -0.2) is 0 Å². The quantitative estimate of drug-likeness (QED) is 0.759. The first-order valence-electron chi connectivity index (χ1n) is 7.85. The van der Waals surface area contributed by atoms with Gasteiger partial charge in [-0.05, 0) is 32.3 Å². The highest BCUT2D eigenvalue weighted by Crippen LogP contribution is 2.55. The standard InChI is InChI=1S/C19H23OP/c1-15-12-13-19(16(2)14-15)21(20,18-10-6-7-11-18)17-8-4-3-5-9-17/h3-5,8-9,12-14,18H,6-7,10-11H2,1-2H3/t21-/m1/s1. The normalized spacial score (nSPS) is 18.6. The van der Waals surface area contributed by atoms with Gasteiger partial charge < -0.3 is 4.57 Å². The van der Waals surface area contributed by atoms with Crippen LogP contribution >= 0.6 is 7.14 Å². The van der Waals surface area contributed by atoms with Crippen molar-refractivity contribution in [3.05, 3.63) is 59.7 Å². The van der Waals surface area contributed by atoms with E-state index in [2.05, 4.69) is 44.2 Å². The molecule has 21 heavy (non-hydrogen) atoms. The Hall–Kier alpha value is -1.33. The van der Waals surface area contributed by atoms with Crippen LogP contribution in [0.1, 0.15) is 36.8 Å². The van der Waals surface area contributed by atoms with Gasteiger partial charge in [0.25, 0.3) is 0 Å². The summed E-state index contributed by atoms with van der Waals surface area (Å²) in [4.78, 5) is 0. The van der Waals surface area contributed by atoms with Crippen LogP contribution in [0.3, 0.4) is 0 Å². The molecule has 1 atom stereocenters. The molecule has 1 aliphatic rings. The maximum Gasteiger partial charge on any atom is 0.146 e. The van der Waals surface area contributed by atoms with E-state index < -0.39 is 7.14 Å². The molecule has 2 heteroatoms. The molecule has 0 aromatic heterocycles. The molecule has 2 aromatic carbocycles. The molecule has 3 rings (SSSR count). The summed E-state index contributed by atoms with van der Waals surface area (Å²) in [5.74, 6) is 0. The topological polar surface area (TPSA) is 17.1 Å². The van der Waals surface area contributed by atoms with Gasteiger partial charge in [0.1, 0.15) is 7.14 Å². The number of rotatable bonds is 3. The molecule has 0 unspecified atom stereocenters. The molecule has 0 bridgehead atoms. The van der Waals surface area contributed by atoms with Crippen molar-refractivity contribution in [3.63, 3.8) is 0 Å². The summed E-state index contributed by atoms with van der Waals surface area (Å²) >= 11 is 0. The van der Waals surface area contributed by atoms with Crippen LogP contribution in [0.15, 0.2) is 48.5 Å². The highest BCUT2D eigenvalue weighted by atomic mass is 31.2. The molecule has 1 saturated carbocycles. The molecule has 0 aliphatic heterocycles. The van der Waals surface area contributed by atoms with Crippen molar-refractivity contribution < 1.29 is 4.57 Å². The van der Waals surface area contributed by atoms with E-state index in [-0.39, 0.29) is 0 Å². The number of benzene rings is 2. The van der Waals surface area contributed by atoms with Gasteiger partial charge in [-0.1, -0.05) is 66.9 Å². The van der Waals surface area contributed by atoms with E-state index in [0.29, 0.717) is 5.66 Å². The Morgan fingerprint density at radius 2 is 1.62 bits per heavy atom. The van der Waals surface area contributed by atoms with Gasteiger partial charge in [-0.3, -0.25) is 0 Å². The predicted octanol–water partition coefficient (Wildman–Crippen LogP) is 4.56. The fourth-order valence-electron chi connectivity index (χ4n) is 3.64. The Morgan fingerprint density at radius 1 is 0.952 bits per heavy atom. The third-order valence-electron chi connectivity index (χ3n) is 4.69. The number of hydrogen-bond acceptors (Lipinski definition) is 1. The molecule has 0 saturated heterocycles. The van der Waals surface area contributed by atoms with E-state index in [0.717, 1.165) is 23.5 Å². The second-order valence-corrected chi connectivity index (χ2v) is 9.27. The van der Waals surface area contributed by atoms with E-state index >= 15 is 0 Å². The first kappa shape index (κ1) is 14.6. The van der Waals surface area contributed by atoms with E-state index in [4.69, 9.17) is 0 Å². The molecular formula is C19H23OP. The smallest absolute Gasteiger partial charge is 0.146 e. The largest absolute Gasteiger partial charge is 0.313 e. The Balaban J connectivity index is 2.19. The van der Waals surface area contributed by atoms with E-state index in [1.807, 2.05) is 18.2 Å².